The lowest BCUT2D eigenvalue weighted by Crippen LogP contribution is -2.30. The van der Waals surface area contributed by atoms with Crippen molar-refractivity contribution in [1.82, 2.24) is 0 Å². The number of hydrogen-bond donors (Lipinski definition) is 0. The van der Waals surface area contributed by atoms with E-state index in [-0.39, 0.29) is 5.41 Å². The van der Waals surface area contributed by atoms with Gasteiger partial charge in [0.1, 0.15) is 5.75 Å². The van der Waals surface area contributed by atoms with Crippen molar-refractivity contribution < 1.29 is 4.74 Å². The first-order valence-corrected chi connectivity index (χ1v) is 8.58. The SMILES string of the molecule is CCCC(CBr)(CCC)COc1cc(Cl)cc(Cl)c1. The Balaban J connectivity index is 2.74. The van der Waals surface area contributed by atoms with E-state index in [1.807, 2.05) is 12.1 Å². The van der Waals surface area contributed by atoms with Crippen LogP contribution in [-0.4, -0.2) is 11.9 Å². The molecular weight excluding hydrogens is 347 g/mol. The molecule has 0 aliphatic carbocycles. The van der Waals surface area contributed by atoms with Crippen LogP contribution in [0, 0.1) is 5.41 Å². The Kier molecular flexibility index (Phi) is 7.56. The summed E-state index contributed by atoms with van der Waals surface area (Å²) in [7, 11) is 0. The van der Waals surface area contributed by atoms with E-state index in [4.69, 9.17) is 27.9 Å². The molecule has 4 heteroatoms. The summed E-state index contributed by atoms with van der Waals surface area (Å²) in [5.41, 5.74) is 0.193. The van der Waals surface area contributed by atoms with Crippen LogP contribution in [0.4, 0.5) is 0 Å². The third-order valence-corrected chi connectivity index (χ3v) is 4.85. The lowest BCUT2D eigenvalue weighted by atomic mass is 9.82. The van der Waals surface area contributed by atoms with E-state index in [1.165, 1.54) is 0 Å². The minimum atomic E-state index is 0.193. The molecule has 0 aliphatic heterocycles. The van der Waals surface area contributed by atoms with Crippen LogP contribution < -0.4 is 4.74 Å². The Morgan fingerprint density at radius 2 is 1.58 bits per heavy atom. The molecule has 0 aliphatic rings. The largest absolute Gasteiger partial charge is 0.493 e. The molecule has 1 aromatic carbocycles. The average molecular weight is 368 g/mol. The summed E-state index contributed by atoms with van der Waals surface area (Å²) in [4.78, 5) is 0. The zero-order chi connectivity index (χ0) is 14.3. The third-order valence-electron chi connectivity index (χ3n) is 3.23. The van der Waals surface area contributed by atoms with Crippen LogP contribution in [-0.2, 0) is 0 Å². The predicted molar refractivity (Wildman–Crippen MR) is 88.0 cm³/mol. The van der Waals surface area contributed by atoms with Crippen molar-refractivity contribution >= 4 is 39.1 Å². The Hall–Kier alpha value is 0.0800. The fourth-order valence-electron chi connectivity index (χ4n) is 2.35. The zero-order valence-electron chi connectivity index (χ0n) is 11.5. The summed E-state index contributed by atoms with van der Waals surface area (Å²) >= 11 is 15.6. The Morgan fingerprint density at radius 1 is 1.05 bits per heavy atom. The second-order valence-electron chi connectivity index (χ2n) is 5.03. The molecule has 0 atom stereocenters. The maximum atomic E-state index is 5.98. The molecule has 0 saturated heterocycles. The standard InChI is InChI=1S/C15H21BrCl2O/c1-3-5-15(10-16,6-4-2)11-19-14-8-12(17)7-13(18)9-14/h7-9H,3-6,10-11H2,1-2H3. The minimum absolute atomic E-state index is 0.193. The molecule has 0 bridgehead atoms. The lowest BCUT2D eigenvalue weighted by molar-refractivity contribution is 0.144. The summed E-state index contributed by atoms with van der Waals surface area (Å²) in [6, 6.07) is 5.33. The van der Waals surface area contributed by atoms with Crippen molar-refractivity contribution in [3.63, 3.8) is 0 Å². The molecule has 0 heterocycles. The normalized spacial score (nSPS) is 11.6. The summed E-state index contributed by atoms with van der Waals surface area (Å²) in [6.45, 7) is 5.11. The van der Waals surface area contributed by atoms with Crippen molar-refractivity contribution in [2.75, 3.05) is 11.9 Å². The number of alkyl halides is 1. The minimum Gasteiger partial charge on any atom is -0.493 e. The van der Waals surface area contributed by atoms with Crippen LogP contribution in [0.3, 0.4) is 0 Å². The highest BCUT2D eigenvalue weighted by Gasteiger charge is 2.28. The molecule has 0 unspecified atom stereocenters. The van der Waals surface area contributed by atoms with Crippen molar-refractivity contribution in [2.45, 2.75) is 39.5 Å². The van der Waals surface area contributed by atoms with Gasteiger partial charge in [-0.15, -0.1) is 0 Å². The number of rotatable bonds is 8. The van der Waals surface area contributed by atoms with Crippen LogP contribution in [0.5, 0.6) is 5.75 Å². The Bertz CT molecular complexity index is 369. The van der Waals surface area contributed by atoms with Crippen LogP contribution in [0.15, 0.2) is 18.2 Å². The van der Waals surface area contributed by atoms with Crippen LogP contribution in [0.2, 0.25) is 10.0 Å². The summed E-state index contributed by atoms with van der Waals surface area (Å²) in [6.07, 6.45) is 4.62. The number of benzene rings is 1. The monoisotopic (exact) mass is 366 g/mol. The van der Waals surface area contributed by atoms with E-state index in [9.17, 15) is 0 Å². The van der Waals surface area contributed by atoms with E-state index >= 15 is 0 Å². The van der Waals surface area contributed by atoms with Gasteiger partial charge < -0.3 is 4.74 Å². The topological polar surface area (TPSA) is 9.23 Å². The zero-order valence-corrected chi connectivity index (χ0v) is 14.6. The summed E-state index contributed by atoms with van der Waals surface area (Å²) < 4.78 is 5.93. The molecular formula is C15H21BrCl2O. The first-order valence-electron chi connectivity index (χ1n) is 6.70. The Labute approximate surface area is 134 Å². The van der Waals surface area contributed by atoms with Crippen molar-refractivity contribution in [2.24, 2.45) is 5.41 Å². The fourth-order valence-corrected chi connectivity index (χ4v) is 3.58. The van der Waals surface area contributed by atoms with Crippen LogP contribution >= 0.6 is 39.1 Å². The third kappa shape index (κ3) is 5.53. The Morgan fingerprint density at radius 3 is 2.00 bits per heavy atom. The van der Waals surface area contributed by atoms with E-state index in [0.29, 0.717) is 16.7 Å². The van der Waals surface area contributed by atoms with E-state index in [0.717, 1.165) is 36.8 Å². The molecule has 0 aromatic heterocycles. The highest BCUT2D eigenvalue weighted by atomic mass is 79.9. The first-order chi connectivity index (χ1) is 9.05. The molecule has 1 nitrogen and oxygen atoms in total. The molecule has 0 amide bonds. The van der Waals surface area contributed by atoms with Crippen LogP contribution in [0.1, 0.15) is 39.5 Å². The van der Waals surface area contributed by atoms with Gasteiger partial charge in [0.15, 0.2) is 0 Å². The molecule has 0 fully saturated rings. The van der Waals surface area contributed by atoms with E-state index in [2.05, 4.69) is 29.8 Å². The van der Waals surface area contributed by atoms with Crippen LogP contribution in [0.25, 0.3) is 0 Å². The maximum Gasteiger partial charge on any atom is 0.122 e. The molecule has 0 radical (unpaired) electrons. The summed E-state index contributed by atoms with van der Waals surface area (Å²) in [5.74, 6) is 0.745. The van der Waals surface area contributed by atoms with Gasteiger partial charge in [0.05, 0.1) is 6.61 Å². The van der Waals surface area contributed by atoms with Crippen molar-refractivity contribution in [1.29, 1.82) is 0 Å². The smallest absolute Gasteiger partial charge is 0.122 e. The molecule has 19 heavy (non-hydrogen) atoms. The van der Waals surface area contributed by atoms with E-state index in [1.54, 1.807) is 6.07 Å². The number of halogens is 3. The van der Waals surface area contributed by atoms with Gasteiger partial charge in [0, 0.05) is 20.8 Å². The highest BCUT2D eigenvalue weighted by Crippen LogP contribution is 2.34. The lowest BCUT2D eigenvalue weighted by Gasteiger charge is -2.31. The van der Waals surface area contributed by atoms with Gasteiger partial charge in [-0.1, -0.05) is 65.8 Å². The second-order valence-corrected chi connectivity index (χ2v) is 6.46. The highest BCUT2D eigenvalue weighted by molar-refractivity contribution is 9.09. The molecule has 1 aromatic rings. The predicted octanol–water partition coefficient (Wildman–Crippen LogP) is 6.35. The molecule has 108 valence electrons. The quantitative estimate of drug-likeness (QED) is 0.486. The number of hydrogen-bond acceptors (Lipinski definition) is 1. The van der Waals surface area contributed by atoms with Gasteiger partial charge >= 0.3 is 0 Å². The van der Waals surface area contributed by atoms with E-state index < -0.39 is 0 Å². The number of ether oxygens (including phenoxy) is 1. The summed E-state index contributed by atoms with van der Waals surface area (Å²) in [5, 5.41) is 2.17. The first kappa shape index (κ1) is 17.1. The van der Waals surface area contributed by atoms with Gasteiger partial charge in [-0.25, -0.2) is 0 Å². The average Bonchev–Trinajstić information content (AvgIpc) is 2.35. The fraction of sp³-hybridized carbons (Fsp3) is 0.600. The van der Waals surface area contributed by atoms with Crippen molar-refractivity contribution in [3.8, 4) is 5.75 Å². The molecule has 0 N–H and O–H groups in total. The van der Waals surface area contributed by atoms with Gasteiger partial charge in [-0.3, -0.25) is 0 Å². The molecule has 1 rings (SSSR count). The van der Waals surface area contributed by atoms with Gasteiger partial charge in [-0.05, 0) is 31.0 Å². The van der Waals surface area contributed by atoms with Gasteiger partial charge in [0.25, 0.3) is 0 Å². The van der Waals surface area contributed by atoms with Gasteiger partial charge in [0.2, 0.25) is 0 Å². The van der Waals surface area contributed by atoms with Gasteiger partial charge in [-0.2, -0.15) is 0 Å². The molecule has 0 spiro atoms. The maximum absolute atomic E-state index is 5.98. The molecule has 0 saturated carbocycles. The second kappa shape index (κ2) is 8.39. The van der Waals surface area contributed by atoms with Crippen molar-refractivity contribution in [3.05, 3.63) is 28.2 Å².